The Morgan fingerprint density at radius 3 is 2.41 bits per heavy atom. The molecule has 1 heterocycles. The number of aromatic amines is 2. The van der Waals surface area contributed by atoms with E-state index in [0.717, 1.165) is 5.52 Å². The van der Waals surface area contributed by atoms with Crippen LogP contribution in [0.2, 0.25) is 0 Å². The first-order chi connectivity index (χ1) is 10.5. The molecule has 7 heteroatoms. The van der Waals surface area contributed by atoms with E-state index in [4.69, 9.17) is 12.2 Å². The van der Waals surface area contributed by atoms with Crippen LogP contribution in [-0.2, 0) is 0 Å². The minimum absolute atomic E-state index is 0.261. The lowest BCUT2D eigenvalue weighted by molar-refractivity contribution is 0.619. The molecule has 3 rings (SSSR count). The molecule has 0 saturated carbocycles. The number of fused-ring (bicyclic) bond motifs is 1. The van der Waals surface area contributed by atoms with Crippen LogP contribution in [0.5, 0.6) is 0 Å². The van der Waals surface area contributed by atoms with Gasteiger partial charge in [0.1, 0.15) is 5.82 Å². The number of aromatic nitrogens is 2. The van der Waals surface area contributed by atoms with Crippen LogP contribution in [0, 0.1) is 12.7 Å². The zero-order valence-corrected chi connectivity index (χ0v) is 12.5. The molecule has 0 saturated heterocycles. The standard InChI is InChI=1S/C15H13FN4OS/c1-8-2-3-9(6-11(8)16)17-15(22)18-10-4-5-12-13(7-10)20-14(21)19-12/h2-7H,1H3,(H2,17,18,22)(H2,19,20,21). The smallest absolute Gasteiger partial charge is 0.323 e. The maximum Gasteiger partial charge on any atom is 0.323 e. The van der Waals surface area contributed by atoms with Crippen LogP contribution in [-0.4, -0.2) is 15.1 Å². The van der Waals surface area contributed by atoms with Crippen LogP contribution >= 0.6 is 12.2 Å². The normalized spacial score (nSPS) is 10.6. The highest BCUT2D eigenvalue weighted by Gasteiger charge is 2.04. The third-order valence-corrected chi connectivity index (χ3v) is 3.41. The highest BCUT2D eigenvalue weighted by atomic mass is 32.1. The van der Waals surface area contributed by atoms with E-state index in [1.165, 1.54) is 6.07 Å². The van der Waals surface area contributed by atoms with Gasteiger partial charge >= 0.3 is 5.69 Å². The van der Waals surface area contributed by atoms with Gasteiger partial charge in [-0.15, -0.1) is 0 Å². The van der Waals surface area contributed by atoms with Crippen molar-refractivity contribution in [2.45, 2.75) is 6.92 Å². The van der Waals surface area contributed by atoms with Gasteiger partial charge in [-0.1, -0.05) is 6.07 Å². The number of rotatable bonds is 2. The van der Waals surface area contributed by atoms with Crippen molar-refractivity contribution in [3.05, 3.63) is 58.3 Å². The molecular formula is C15H13FN4OS. The number of thiocarbonyl (C=S) groups is 1. The second-order valence-corrected chi connectivity index (χ2v) is 5.29. The van der Waals surface area contributed by atoms with Crippen LogP contribution < -0.4 is 16.3 Å². The van der Waals surface area contributed by atoms with Crippen molar-refractivity contribution in [1.82, 2.24) is 9.97 Å². The number of nitrogens with one attached hydrogen (secondary N) is 4. The molecule has 0 unspecified atom stereocenters. The van der Waals surface area contributed by atoms with E-state index in [1.54, 1.807) is 37.3 Å². The second kappa shape index (κ2) is 5.61. The molecule has 5 nitrogen and oxygen atoms in total. The van der Waals surface area contributed by atoms with Crippen LogP contribution in [0.4, 0.5) is 15.8 Å². The number of imidazole rings is 1. The van der Waals surface area contributed by atoms with Crippen molar-refractivity contribution >= 4 is 39.7 Å². The Morgan fingerprint density at radius 1 is 1.05 bits per heavy atom. The molecule has 2 aromatic carbocycles. The third kappa shape index (κ3) is 2.99. The maximum absolute atomic E-state index is 13.5. The lowest BCUT2D eigenvalue weighted by Crippen LogP contribution is -2.19. The lowest BCUT2D eigenvalue weighted by atomic mass is 10.2. The van der Waals surface area contributed by atoms with Gasteiger partial charge in [0.15, 0.2) is 5.11 Å². The Kier molecular flexibility index (Phi) is 3.64. The predicted molar refractivity (Wildman–Crippen MR) is 89.9 cm³/mol. The largest absolute Gasteiger partial charge is 0.332 e. The predicted octanol–water partition coefficient (Wildman–Crippen LogP) is 3.11. The Morgan fingerprint density at radius 2 is 1.68 bits per heavy atom. The Bertz CT molecular complexity index is 915. The summed E-state index contributed by atoms with van der Waals surface area (Å²) in [5.74, 6) is -0.292. The van der Waals surface area contributed by atoms with Gasteiger partial charge < -0.3 is 20.6 Å². The monoisotopic (exact) mass is 316 g/mol. The van der Waals surface area contributed by atoms with E-state index in [1.807, 2.05) is 0 Å². The summed E-state index contributed by atoms with van der Waals surface area (Å²) in [6, 6.07) is 10.1. The number of hydrogen-bond donors (Lipinski definition) is 4. The fourth-order valence-electron chi connectivity index (χ4n) is 2.07. The summed E-state index contributed by atoms with van der Waals surface area (Å²) in [6.45, 7) is 1.70. The summed E-state index contributed by atoms with van der Waals surface area (Å²) in [7, 11) is 0. The van der Waals surface area contributed by atoms with Gasteiger partial charge in [-0.3, -0.25) is 0 Å². The summed E-state index contributed by atoms with van der Waals surface area (Å²) in [6.07, 6.45) is 0. The Hall–Kier alpha value is -2.67. The molecule has 1 aromatic heterocycles. The van der Waals surface area contributed by atoms with Gasteiger partial charge in [-0.05, 0) is 55.0 Å². The maximum atomic E-state index is 13.5. The molecule has 0 atom stereocenters. The molecule has 0 amide bonds. The summed E-state index contributed by atoms with van der Waals surface area (Å²) < 4.78 is 13.5. The second-order valence-electron chi connectivity index (χ2n) is 4.88. The number of H-pyrrole nitrogens is 2. The summed E-state index contributed by atoms with van der Waals surface area (Å²) >= 11 is 5.20. The van der Waals surface area contributed by atoms with Crippen LogP contribution in [0.25, 0.3) is 11.0 Å². The Labute approximate surface area is 130 Å². The average Bonchev–Trinajstić information content (AvgIpc) is 2.82. The van der Waals surface area contributed by atoms with E-state index in [0.29, 0.717) is 27.6 Å². The first kappa shape index (κ1) is 14.3. The molecule has 4 N–H and O–H groups in total. The highest BCUT2D eigenvalue weighted by Crippen LogP contribution is 2.16. The number of aryl methyl sites for hydroxylation is 1. The van der Waals surface area contributed by atoms with E-state index in [9.17, 15) is 9.18 Å². The summed E-state index contributed by atoms with van der Waals surface area (Å²) in [5.41, 5.74) is 2.99. The van der Waals surface area contributed by atoms with Crippen molar-refractivity contribution in [1.29, 1.82) is 0 Å². The van der Waals surface area contributed by atoms with Crippen molar-refractivity contribution in [3.63, 3.8) is 0 Å². The van der Waals surface area contributed by atoms with Gasteiger partial charge in [0.2, 0.25) is 0 Å². The average molecular weight is 316 g/mol. The van der Waals surface area contributed by atoms with E-state index >= 15 is 0 Å². The summed E-state index contributed by atoms with van der Waals surface area (Å²) in [5, 5.41) is 6.23. The SMILES string of the molecule is Cc1ccc(NC(=S)Nc2ccc3[nH]c(=O)[nH]c3c2)cc1F. The molecule has 0 spiro atoms. The lowest BCUT2D eigenvalue weighted by Gasteiger charge is -2.11. The number of anilines is 2. The molecule has 0 fully saturated rings. The van der Waals surface area contributed by atoms with Crippen molar-refractivity contribution in [3.8, 4) is 0 Å². The molecule has 0 bridgehead atoms. The zero-order valence-electron chi connectivity index (χ0n) is 11.7. The van der Waals surface area contributed by atoms with Gasteiger partial charge in [-0.2, -0.15) is 0 Å². The quantitative estimate of drug-likeness (QED) is 0.548. The molecule has 22 heavy (non-hydrogen) atoms. The third-order valence-electron chi connectivity index (χ3n) is 3.20. The summed E-state index contributed by atoms with van der Waals surface area (Å²) in [4.78, 5) is 16.6. The Balaban J connectivity index is 1.74. The minimum atomic E-state index is -0.292. The topological polar surface area (TPSA) is 72.7 Å². The number of benzene rings is 2. The van der Waals surface area contributed by atoms with Crippen LogP contribution in [0.1, 0.15) is 5.56 Å². The zero-order chi connectivity index (χ0) is 15.7. The van der Waals surface area contributed by atoms with Gasteiger partial charge in [0, 0.05) is 11.4 Å². The van der Waals surface area contributed by atoms with E-state index in [-0.39, 0.29) is 11.5 Å². The molecule has 0 aliphatic rings. The van der Waals surface area contributed by atoms with Gasteiger partial charge in [-0.25, -0.2) is 9.18 Å². The molecule has 0 aliphatic carbocycles. The van der Waals surface area contributed by atoms with Crippen molar-refractivity contribution < 1.29 is 4.39 Å². The number of halogens is 1. The minimum Gasteiger partial charge on any atom is -0.332 e. The van der Waals surface area contributed by atoms with Crippen LogP contribution in [0.15, 0.2) is 41.2 Å². The fraction of sp³-hybridized carbons (Fsp3) is 0.0667. The van der Waals surface area contributed by atoms with Crippen molar-refractivity contribution in [2.24, 2.45) is 0 Å². The van der Waals surface area contributed by atoms with Crippen LogP contribution in [0.3, 0.4) is 0 Å². The first-order valence-electron chi connectivity index (χ1n) is 6.57. The molecule has 3 aromatic rings. The molecule has 0 aliphatic heterocycles. The van der Waals surface area contributed by atoms with Gasteiger partial charge in [0.25, 0.3) is 0 Å². The van der Waals surface area contributed by atoms with Gasteiger partial charge in [0.05, 0.1) is 11.0 Å². The first-order valence-corrected chi connectivity index (χ1v) is 6.98. The van der Waals surface area contributed by atoms with E-state index in [2.05, 4.69) is 20.6 Å². The molecule has 0 radical (unpaired) electrons. The highest BCUT2D eigenvalue weighted by molar-refractivity contribution is 7.80. The van der Waals surface area contributed by atoms with E-state index < -0.39 is 0 Å². The van der Waals surface area contributed by atoms with Crippen molar-refractivity contribution in [2.75, 3.05) is 10.6 Å². The number of hydrogen-bond acceptors (Lipinski definition) is 2. The molecular weight excluding hydrogens is 303 g/mol. The fourth-order valence-corrected chi connectivity index (χ4v) is 2.31. The molecule has 112 valence electrons.